The molecule has 0 saturated heterocycles. The van der Waals surface area contributed by atoms with Gasteiger partial charge in [0.05, 0.1) is 29.4 Å². The summed E-state index contributed by atoms with van der Waals surface area (Å²) >= 11 is 5.67. The fourth-order valence-electron chi connectivity index (χ4n) is 1.34. The van der Waals surface area contributed by atoms with Crippen molar-refractivity contribution < 1.29 is 4.39 Å². The van der Waals surface area contributed by atoms with Gasteiger partial charge in [0.25, 0.3) is 0 Å². The molecular formula is C11H7ClFN3. The molecule has 1 aromatic heterocycles. The standard InChI is InChI=1S/C11H7ClFN3/c12-8-5-7(1-2-9(8)13)10-6-15-11(16-10)3-4-14/h1-2,5-6H,3H2,(H,15,16). The van der Waals surface area contributed by atoms with Crippen LogP contribution in [0.3, 0.4) is 0 Å². The lowest BCUT2D eigenvalue weighted by Gasteiger charge is -1.99. The molecule has 2 aromatic rings. The summed E-state index contributed by atoms with van der Waals surface area (Å²) in [7, 11) is 0. The molecule has 0 saturated carbocycles. The second kappa shape index (κ2) is 4.33. The molecule has 0 bridgehead atoms. The molecule has 0 fully saturated rings. The van der Waals surface area contributed by atoms with E-state index in [1.54, 1.807) is 12.3 Å². The third-order valence-electron chi connectivity index (χ3n) is 2.11. The van der Waals surface area contributed by atoms with E-state index >= 15 is 0 Å². The maximum absolute atomic E-state index is 12.9. The summed E-state index contributed by atoms with van der Waals surface area (Å²) in [4.78, 5) is 6.98. The lowest BCUT2D eigenvalue weighted by atomic mass is 10.2. The Hall–Kier alpha value is -1.86. The van der Waals surface area contributed by atoms with E-state index in [-0.39, 0.29) is 11.4 Å². The molecule has 0 aliphatic rings. The highest BCUT2D eigenvalue weighted by atomic mass is 35.5. The lowest BCUT2D eigenvalue weighted by Crippen LogP contribution is -1.84. The van der Waals surface area contributed by atoms with Gasteiger partial charge in [0.1, 0.15) is 11.6 Å². The number of H-pyrrole nitrogens is 1. The molecule has 80 valence electrons. The maximum atomic E-state index is 12.9. The minimum Gasteiger partial charge on any atom is -0.341 e. The van der Waals surface area contributed by atoms with Crippen molar-refractivity contribution in [2.75, 3.05) is 0 Å². The van der Waals surface area contributed by atoms with Gasteiger partial charge in [0.2, 0.25) is 0 Å². The zero-order valence-corrected chi connectivity index (χ0v) is 8.92. The molecule has 0 unspecified atom stereocenters. The van der Waals surface area contributed by atoms with Gasteiger partial charge in [-0.05, 0) is 18.2 Å². The normalized spacial score (nSPS) is 10.1. The van der Waals surface area contributed by atoms with Crippen molar-refractivity contribution in [3.63, 3.8) is 0 Å². The highest BCUT2D eigenvalue weighted by Gasteiger charge is 2.06. The molecule has 0 aliphatic carbocycles. The van der Waals surface area contributed by atoms with Crippen LogP contribution in [0.2, 0.25) is 5.02 Å². The fourth-order valence-corrected chi connectivity index (χ4v) is 1.52. The molecule has 0 atom stereocenters. The summed E-state index contributed by atoms with van der Waals surface area (Å²) < 4.78 is 12.9. The van der Waals surface area contributed by atoms with E-state index in [9.17, 15) is 4.39 Å². The summed E-state index contributed by atoms with van der Waals surface area (Å²) in [5.41, 5.74) is 1.45. The van der Waals surface area contributed by atoms with Gasteiger partial charge in [-0.25, -0.2) is 9.37 Å². The molecule has 0 radical (unpaired) electrons. The Morgan fingerprint density at radius 1 is 1.50 bits per heavy atom. The average Bonchev–Trinajstić information content (AvgIpc) is 2.71. The van der Waals surface area contributed by atoms with Crippen molar-refractivity contribution in [3.8, 4) is 17.3 Å². The predicted molar refractivity (Wildman–Crippen MR) is 58.3 cm³/mol. The van der Waals surface area contributed by atoms with Crippen LogP contribution < -0.4 is 0 Å². The zero-order chi connectivity index (χ0) is 11.5. The Labute approximate surface area is 96.5 Å². The van der Waals surface area contributed by atoms with Crippen LogP contribution in [-0.4, -0.2) is 9.97 Å². The zero-order valence-electron chi connectivity index (χ0n) is 8.17. The van der Waals surface area contributed by atoms with E-state index in [1.807, 2.05) is 6.07 Å². The molecular weight excluding hydrogens is 229 g/mol. The molecule has 2 rings (SSSR count). The van der Waals surface area contributed by atoms with Crippen LogP contribution in [0.4, 0.5) is 4.39 Å². The van der Waals surface area contributed by atoms with Crippen molar-refractivity contribution in [1.29, 1.82) is 5.26 Å². The number of nitriles is 1. The van der Waals surface area contributed by atoms with Crippen molar-refractivity contribution in [1.82, 2.24) is 9.97 Å². The van der Waals surface area contributed by atoms with Gasteiger partial charge in [0.15, 0.2) is 0 Å². The summed E-state index contributed by atoms with van der Waals surface area (Å²) in [6.07, 6.45) is 1.81. The number of aromatic nitrogens is 2. The SMILES string of the molecule is N#CCc1ncc(-c2ccc(F)c(Cl)c2)[nH]1. The number of hydrogen-bond acceptors (Lipinski definition) is 2. The molecule has 0 aliphatic heterocycles. The molecule has 1 aromatic carbocycles. The van der Waals surface area contributed by atoms with Crippen LogP contribution >= 0.6 is 11.6 Å². The fraction of sp³-hybridized carbons (Fsp3) is 0.0909. The van der Waals surface area contributed by atoms with Crippen molar-refractivity contribution in [2.45, 2.75) is 6.42 Å². The molecule has 1 N–H and O–H groups in total. The van der Waals surface area contributed by atoms with Gasteiger partial charge >= 0.3 is 0 Å². The Kier molecular flexibility index (Phi) is 2.88. The molecule has 1 heterocycles. The Morgan fingerprint density at radius 2 is 2.31 bits per heavy atom. The first kappa shape index (κ1) is 10.7. The van der Waals surface area contributed by atoms with Crippen molar-refractivity contribution in [2.24, 2.45) is 0 Å². The van der Waals surface area contributed by atoms with Crippen LogP contribution in [0.5, 0.6) is 0 Å². The van der Waals surface area contributed by atoms with Crippen LogP contribution in [0.15, 0.2) is 24.4 Å². The number of rotatable bonds is 2. The second-order valence-electron chi connectivity index (χ2n) is 3.21. The first-order valence-corrected chi connectivity index (χ1v) is 4.95. The third kappa shape index (κ3) is 2.05. The van der Waals surface area contributed by atoms with Gasteiger partial charge in [-0.3, -0.25) is 0 Å². The number of nitrogens with one attached hydrogen (secondary N) is 1. The monoisotopic (exact) mass is 235 g/mol. The predicted octanol–water partition coefficient (Wildman–Crippen LogP) is 2.94. The van der Waals surface area contributed by atoms with Gasteiger partial charge in [-0.15, -0.1) is 0 Å². The minimum absolute atomic E-state index is 0.0638. The summed E-state index contributed by atoms with van der Waals surface area (Å²) in [6.45, 7) is 0. The molecule has 16 heavy (non-hydrogen) atoms. The largest absolute Gasteiger partial charge is 0.341 e. The van der Waals surface area contributed by atoms with Crippen LogP contribution in [0, 0.1) is 17.1 Å². The maximum Gasteiger partial charge on any atom is 0.141 e. The van der Waals surface area contributed by atoms with E-state index in [0.717, 1.165) is 5.56 Å². The topological polar surface area (TPSA) is 52.5 Å². The Balaban J connectivity index is 2.36. The quantitative estimate of drug-likeness (QED) is 0.870. The van der Waals surface area contributed by atoms with E-state index in [2.05, 4.69) is 9.97 Å². The smallest absolute Gasteiger partial charge is 0.141 e. The summed E-state index contributed by atoms with van der Waals surface area (Å²) in [6, 6.07) is 6.40. The Morgan fingerprint density at radius 3 is 3.00 bits per heavy atom. The van der Waals surface area contributed by atoms with E-state index in [0.29, 0.717) is 11.5 Å². The minimum atomic E-state index is -0.456. The van der Waals surface area contributed by atoms with Gasteiger partial charge < -0.3 is 4.98 Å². The lowest BCUT2D eigenvalue weighted by molar-refractivity contribution is 0.628. The second-order valence-corrected chi connectivity index (χ2v) is 3.61. The highest BCUT2D eigenvalue weighted by molar-refractivity contribution is 6.31. The van der Waals surface area contributed by atoms with Crippen LogP contribution in [0.25, 0.3) is 11.3 Å². The van der Waals surface area contributed by atoms with Crippen LogP contribution in [-0.2, 0) is 6.42 Å². The third-order valence-corrected chi connectivity index (χ3v) is 2.40. The number of nitrogens with zero attached hydrogens (tertiary/aromatic N) is 2. The molecule has 0 spiro atoms. The first-order valence-electron chi connectivity index (χ1n) is 4.57. The van der Waals surface area contributed by atoms with Crippen LogP contribution in [0.1, 0.15) is 5.82 Å². The number of benzene rings is 1. The van der Waals surface area contributed by atoms with Crippen molar-refractivity contribution in [3.05, 3.63) is 41.1 Å². The number of hydrogen-bond donors (Lipinski definition) is 1. The molecule has 3 nitrogen and oxygen atoms in total. The number of aromatic amines is 1. The number of halogens is 2. The average molecular weight is 236 g/mol. The van der Waals surface area contributed by atoms with E-state index in [1.165, 1.54) is 12.1 Å². The highest BCUT2D eigenvalue weighted by Crippen LogP contribution is 2.23. The van der Waals surface area contributed by atoms with Gasteiger partial charge in [-0.2, -0.15) is 5.26 Å². The summed E-state index contributed by atoms with van der Waals surface area (Å²) in [5, 5.41) is 8.56. The van der Waals surface area contributed by atoms with E-state index < -0.39 is 5.82 Å². The molecule has 0 amide bonds. The first-order chi connectivity index (χ1) is 7.70. The molecule has 5 heteroatoms. The van der Waals surface area contributed by atoms with E-state index in [4.69, 9.17) is 16.9 Å². The van der Waals surface area contributed by atoms with Crippen molar-refractivity contribution >= 4 is 11.6 Å². The number of imidazole rings is 1. The Bertz CT molecular complexity index is 557. The summed E-state index contributed by atoms with van der Waals surface area (Å²) in [5.74, 6) is 0.125. The van der Waals surface area contributed by atoms with Gasteiger partial charge in [-0.1, -0.05) is 11.6 Å². The van der Waals surface area contributed by atoms with Gasteiger partial charge in [0, 0.05) is 5.56 Å².